The van der Waals surface area contributed by atoms with E-state index in [0.29, 0.717) is 12.7 Å². The van der Waals surface area contributed by atoms with Gasteiger partial charge in [0.1, 0.15) is 0 Å². The molecule has 0 spiro atoms. The fourth-order valence-corrected chi connectivity index (χ4v) is 3.20. The fourth-order valence-electron chi connectivity index (χ4n) is 3.20. The van der Waals surface area contributed by atoms with Crippen LogP contribution >= 0.6 is 0 Å². The van der Waals surface area contributed by atoms with Crippen LogP contribution in [-0.4, -0.2) is 24.4 Å². The summed E-state index contributed by atoms with van der Waals surface area (Å²) < 4.78 is 5.63. The maximum absolute atomic E-state index is 8.70. The van der Waals surface area contributed by atoms with Crippen LogP contribution in [0.4, 0.5) is 0 Å². The van der Waals surface area contributed by atoms with E-state index in [-0.39, 0.29) is 50.7 Å². The molecule has 0 bridgehead atoms. The Kier molecular flexibility index (Phi) is 7.35. The standard InChI is InChI=1S/C12H22O2.Ac/c13-7-8-14-12-6-5-10-3-1-2-4-11(10)9-12;/h10-13H,1-9H2;. The maximum atomic E-state index is 8.70. The van der Waals surface area contributed by atoms with Crippen molar-refractivity contribution in [2.24, 2.45) is 11.8 Å². The first-order valence-corrected chi connectivity index (χ1v) is 6.12. The predicted octanol–water partition coefficient (Wildman–Crippen LogP) is 2.35. The van der Waals surface area contributed by atoms with Gasteiger partial charge in [0.15, 0.2) is 0 Å². The van der Waals surface area contributed by atoms with E-state index in [1.807, 2.05) is 0 Å². The first kappa shape index (κ1) is 14.4. The first-order chi connectivity index (χ1) is 6.90. The van der Waals surface area contributed by atoms with E-state index in [0.717, 1.165) is 11.8 Å². The molecule has 0 saturated heterocycles. The van der Waals surface area contributed by atoms with Gasteiger partial charge in [0.05, 0.1) is 19.3 Å². The van der Waals surface area contributed by atoms with Crippen LogP contribution in [0.1, 0.15) is 44.9 Å². The van der Waals surface area contributed by atoms with Gasteiger partial charge < -0.3 is 9.84 Å². The summed E-state index contributed by atoms with van der Waals surface area (Å²) in [5.74, 6) is 1.93. The van der Waals surface area contributed by atoms with Crippen molar-refractivity contribution in [2.75, 3.05) is 13.2 Å². The number of aliphatic hydroxyl groups is 1. The molecule has 0 aromatic heterocycles. The van der Waals surface area contributed by atoms with Gasteiger partial charge in [0.25, 0.3) is 0 Å². The molecule has 1 radical (unpaired) electrons. The largest absolute Gasteiger partial charge is 0.394 e. The Morgan fingerprint density at radius 3 is 2.47 bits per heavy atom. The number of hydrogen-bond donors (Lipinski definition) is 1. The molecule has 3 heteroatoms. The monoisotopic (exact) mass is 425 g/mol. The smallest absolute Gasteiger partial charge is 0.0701 e. The minimum Gasteiger partial charge on any atom is -0.394 e. The molecule has 0 amide bonds. The molecular formula is C12H22AcO2. The topological polar surface area (TPSA) is 29.5 Å². The van der Waals surface area contributed by atoms with Gasteiger partial charge >= 0.3 is 0 Å². The van der Waals surface area contributed by atoms with E-state index in [1.54, 1.807) is 0 Å². The Bertz CT molecular complexity index is 175. The van der Waals surface area contributed by atoms with Crippen LogP contribution in [0, 0.1) is 55.9 Å². The van der Waals surface area contributed by atoms with Crippen molar-refractivity contribution in [2.45, 2.75) is 51.0 Å². The first-order valence-electron chi connectivity index (χ1n) is 6.12. The van der Waals surface area contributed by atoms with Crippen molar-refractivity contribution in [3.63, 3.8) is 0 Å². The van der Waals surface area contributed by atoms with Gasteiger partial charge in [-0.15, -0.1) is 0 Å². The normalized spacial score (nSPS) is 35.4. The summed E-state index contributed by atoms with van der Waals surface area (Å²) in [7, 11) is 0. The zero-order valence-corrected chi connectivity index (χ0v) is 14.3. The molecule has 2 saturated carbocycles. The summed E-state index contributed by atoms with van der Waals surface area (Å²) in [4.78, 5) is 0. The maximum Gasteiger partial charge on any atom is 0.0701 e. The van der Waals surface area contributed by atoms with Crippen LogP contribution in [0.5, 0.6) is 0 Å². The summed E-state index contributed by atoms with van der Waals surface area (Å²) in [6, 6.07) is 0. The third-order valence-electron chi connectivity index (χ3n) is 3.94. The van der Waals surface area contributed by atoms with Crippen LogP contribution in [0.2, 0.25) is 0 Å². The predicted molar refractivity (Wildman–Crippen MR) is 56.1 cm³/mol. The zero-order chi connectivity index (χ0) is 9.80. The molecule has 0 aromatic carbocycles. The summed E-state index contributed by atoms with van der Waals surface area (Å²) in [5, 5.41) is 8.70. The van der Waals surface area contributed by atoms with Gasteiger partial charge in [-0.1, -0.05) is 25.7 Å². The molecule has 15 heavy (non-hydrogen) atoms. The molecule has 3 unspecified atom stereocenters. The second-order valence-electron chi connectivity index (χ2n) is 4.83. The third kappa shape index (κ3) is 4.26. The van der Waals surface area contributed by atoms with Crippen molar-refractivity contribution in [1.82, 2.24) is 0 Å². The average molecular weight is 425 g/mol. The number of ether oxygens (including phenoxy) is 1. The van der Waals surface area contributed by atoms with Crippen LogP contribution in [0.3, 0.4) is 0 Å². The van der Waals surface area contributed by atoms with Gasteiger partial charge in [-0.25, -0.2) is 0 Å². The van der Waals surface area contributed by atoms with Crippen molar-refractivity contribution in [3.8, 4) is 0 Å². The molecular weight excluding hydrogens is 403 g/mol. The molecule has 0 heterocycles. The van der Waals surface area contributed by atoms with Gasteiger partial charge in [0.2, 0.25) is 0 Å². The fraction of sp³-hybridized carbons (Fsp3) is 1.00. The molecule has 0 aliphatic heterocycles. The van der Waals surface area contributed by atoms with Gasteiger partial charge in [-0.05, 0) is 31.1 Å². The second kappa shape index (κ2) is 7.64. The van der Waals surface area contributed by atoms with E-state index in [9.17, 15) is 0 Å². The zero-order valence-electron chi connectivity index (χ0n) is 9.53. The van der Waals surface area contributed by atoms with Crippen LogP contribution < -0.4 is 0 Å². The Hall–Kier alpha value is 1.36. The molecule has 2 aliphatic carbocycles. The minimum absolute atomic E-state index is 0. The van der Waals surface area contributed by atoms with Crippen LogP contribution in [0.25, 0.3) is 0 Å². The van der Waals surface area contributed by atoms with E-state index < -0.39 is 0 Å². The summed E-state index contributed by atoms with van der Waals surface area (Å²) in [6.45, 7) is 0.701. The number of rotatable bonds is 3. The van der Waals surface area contributed by atoms with Crippen molar-refractivity contribution < 1.29 is 53.9 Å². The molecule has 0 aromatic rings. The Morgan fingerprint density at radius 2 is 1.73 bits per heavy atom. The molecule has 3 atom stereocenters. The van der Waals surface area contributed by atoms with E-state index in [4.69, 9.17) is 9.84 Å². The second-order valence-corrected chi connectivity index (χ2v) is 4.83. The molecule has 2 fully saturated rings. The van der Waals surface area contributed by atoms with Gasteiger partial charge in [-0.3, -0.25) is 0 Å². The molecule has 2 aliphatic rings. The number of hydrogen-bond acceptors (Lipinski definition) is 2. The van der Waals surface area contributed by atoms with Crippen LogP contribution in [-0.2, 0) is 4.74 Å². The van der Waals surface area contributed by atoms with Crippen LogP contribution in [0.15, 0.2) is 0 Å². The SMILES string of the molecule is OCCOC1CCC2CCCCC2C1.[Ac]. The van der Waals surface area contributed by atoms with Gasteiger partial charge in [-0.2, -0.15) is 0 Å². The van der Waals surface area contributed by atoms with Crippen molar-refractivity contribution in [3.05, 3.63) is 0 Å². The van der Waals surface area contributed by atoms with E-state index in [2.05, 4.69) is 0 Å². The molecule has 2 rings (SSSR count). The van der Waals surface area contributed by atoms with Gasteiger partial charge in [0, 0.05) is 44.1 Å². The summed E-state index contributed by atoms with van der Waals surface area (Å²) in [6.07, 6.45) is 10.0. The quantitative estimate of drug-likeness (QED) is 0.753. The number of fused-ring (bicyclic) bond motifs is 1. The molecule has 85 valence electrons. The van der Waals surface area contributed by atoms with E-state index >= 15 is 0 Å². The summed E-state index contributed by atoms with van der Waals surface area (Å²) in [5.41, 5.74) is 0. The Morgan fingerprint density at radius 1 is 1.00 bits per heavy atom. The molecule has 1 N–H and O–H groups in total. The van der Waals surface area contributed by atoms with E-state index in [1.165, 1.54) is 44.9 Å². The summed E-state index contributed by atoms with van der Waals surface area (Å²) >= 11 is 0. The number of aliphatic hydroxyl groups excluding tert-OH is 1. The van der Waals surface area contributed by atoms with Crippen molar-refractivity contribution in [1.29, 1.82) is 0 Å². The Labute approximate surface area is 129 Å². The average Bonchev–Trinajstić information content (AvgIpc) is 2.26. The Balaban J connectivity index is 0.00000112. The van der Waals surface area contributed by atoms with Crippen molar-refractivity contribution >= 4 is 0 Å². The minimum atomic E-state index is 0. The third-order valence-corrected chi connectivity index (χ3v) is 3.94. The molecule has 2 nitrogen and oxygen atoms in total.